The largest absolute Gasteiger partial charge is 0.573 e. The fourth-order valence-electron chi connectivity index (χ4n) is 1.94. The lowest BCUT2D eigenvalue weighted by atomic mass is 10.3. The molecule has 0 heterocycles. The predicted molar refractivity (Wildman–Crippen MR) is 88.2 cm³/mol. The van der Waals surface area contributed by atoms with E-state index in [1.165, 1.54) is 19.2 Å². The summed E-state index contributed by atoms with van der Waals surface area (Å²) < 4.78 is 45.1. The van der Waals surface area contributed by atoms with Crippen molar-refractivity contribution in [2.75, 3.05) is 24.3 Å². The van der Waals surface area contributed by atoms with Crippen LogP contribution in [0.2, 0.25) is 5.02 Å². The van der Waals surface area contributed by atoms with E-state index in [9.17, 15) is 18.0 Å². The number of hydrogen-bond donors (Lipinski definition) is 2. The van der Waals surface area contributed by atoms with Crippen molar-refractivity contribution in [2.45, 2.75) is 6.36 Å². The Morgan fingerprint density at radius 3 is 2.44 bits per heavy atom. The highest BCUT2D eigenvalue weighted by molar-refractivity contribution is 6.30. The molecule has 2 N–H and O–H groups in total. The minimum absolute atomic E-state index is 0.0858. The highest BCUT2D eigenvalue weighted by Gasteiger charge is 2.30. The van der Waals surface area contributed by atoms with Crippen LogP contribution in [0.15, 0.2) is 42.5 Å². The third-order valence-corrected chi connectivity index (χ3v) is 3.21. The van der Waals surface area contributed by atoms with Gasteiger partial charge >= 0.3 is 6.36 Å². The molecule has 2 aromatic carbocycles. The van der Waals surface area contributed by atoms with E-state index in [1.807, 2.05) is 0 Å². The maximum atomic E-state index is 12.1. The highest BCUT2D eigenvalue weighted by atomic mass is 35.5. The Morgan fingerprint density at radius 1 is 1.16 bits per heavy atom. The molecule has 0 aliphatic heterocycles. The summed E-state index contributed by atoms with van der Waals surface area (Å²) in [5.41, 5.74) is 0.874. The Morgan fingerprint density at radius 2 is 1.84 bits per heavy atom. The second-order valence-corrected chi connectivity index (χ2v) is 5.25. The molecule has 2 rings (SSSR count). The number of carbonyl (C=O) groups excluding carboxylic acids is 1. The van der Waals surface area contributed by atoms with Gasteiger partial charge in [-0.25, -0.2) is 0 Å². The van der Waals surface area contributed by atoms with Crippen LogP contribution in [0.1, 0.15) is 0 Å². The topological polar surface area (TPSA) is 59.6 Å². The van der Waals surface area contributed by atoms with Crippen molar-refractivity contribution in [3.63, 3.8) is 0 Å². The summed E-state index contributed by atoms with van der Waals surface area (Å²) >= 11 is 5.89. The van der Waals surface area contributed by atoms with E-state index in [2.05, 4.69) is 15.4 Å². The summed E-state index contributed by atoms with van der Waals surface area (Å²) in [6.07, 6.45) is -4.76. The quantitative estimate of drug-likeness (QED) is 0.791. The normalized spacial score (nSPS) is 10.9. The molecule has 0 fully saturated rings. The Bertz CT molecular complexity index is 736. The lowest BCUT2D eigenvalue weighted by Crippen LogP contribution is -2.22. The Hall–Kier alpha value is -2.61. The summed E-state index contributed by atoms with van der Waals surface area (Å²) in [7, 11) is 1.49. The molecule has 9 heteroatoms. The van der Waals surface area contributed by atoms with Crippen LogP contribution in [0.4, 0.5) is 24.5 Å². The third-order valence-electron chi connectivity index (χ3n) is 2.97. The van der Waals surface area contributed by atoms with Crippen molar-refractivity contribution >= 4 is 28.9 Å². The monoisotopic (exact) mass is 374 g/mol. The fourth-order valence-corrected chi connectivity index (χ4v) is 2.11. The average Bonchev–Trinajstić information content (AvgIpc) is 2.53. The molecule has 0 saturated heterocycles. The number of nitrogens with one attached hydrogen (secondary N) is 2. The highest BCUT2D eigenvalue weighted by Crippen LogP contribution is 2.27. The van der Waals surface area contributed by atoms with Crippen molar-refractivity contribution in [3.8, 4) is 11.5 Å². The first-order chi connectivity index (χ1) is 11.8. The lowest BCUT2D eigenvalue weighted by Gasteiger charge is -2.12. The number of halogens is 4. The Kier molecular flexibility index (Phi) is 5.97. The van der Waals surface area contributed by atoms with Gasteiger partial charge in [0, 0.05) is 10.7 Å². The van der Waals surface area contributed by atoms with Crippen molar-refractivity contribution in [3.05, 3.63) is 47.5 Å². The number of methoxy groups -OCH3 is 1. The van der Waals surface area contributed by atoms with Gasteiger partial charge in [0.1, 0.15) is 11.5 Å². The third kappa shape index (κ3) is 6.07. The Balaban J connectivity index is 1.91. The van der Waals surface area contributed by atoms with Crippen LogP contribution in [0.25, 0.3) is 0 Å². The summed E-state index contributed by atoms with van der Waals surface area (Å²) in [6.45, 7) is -0.0858. The molecular weight excluding hydrogens is 361 g/mol. The number of carbonyl (C=O) groups is 1. The van der Waals surface area contributed by atoms with E-state index >= 15 is 0 Å². The number of amides is 1. The van der Waals surface area contributed by atoms with Gasteiger partial charge in [-0.15, -0.1) is 13.2 Å². The van der Waals surface area contributed by atoms with E-state index < -0.39 is 12.3 Å². The van der Waals surface area contributed by atoms with Gasteiger partial charge < -0.3 is 20.1 Å². The lowest BCUT2D eigenvalue weighted by molar-refractivity contribution is -0.274. The van der Waals surface area contributed by atoms with Crippen LogP contribution in [-0.2, 0) is 4.79 Å². The molecule has 1 amide bonds. The summed E-state index contributed by atoms with van der Waals surface area (Å²) in [6, 6.07) is 9.74. The zero-order valence-corrected chi connectivity index (χ0v) is 13.7. The van der Waals surface area contributed by atoms with Gasteiger partial charge in [0.25, 0.3) is 0 Å². The van der Waals surface area contributed by atoms with Crippen LogP contribution in [-0.4, -0.2) is 25.9 Å². The molecular formula is C16H14ClF3N2O3. The van der Waals surface area contributed by atoms with Gasteiger partial charge in [0.15, 0.2) is 0 Å². The summed E-state index contributed by atoms with van der Waals surface area (Å²) in [4.78, 5) is 11.9. The zero-order valence-electron chi connectivity index (χ0n) is 13.0. The average molecular weight is 375 g/mol. The molecule has 0 aromatic heterocycles. The predicted octanol–water partition coefficient (Wildman–Crippen LogP) is 4.30. The molecule has 0 atom stereocenters. The van der Waals surface area contributed by atoms with E-state index in [0.717, 1.165) is 12.1 Å². The standard InChI is InChI=1S/C16H14ClF3N2O3/c1-24-14-7-2-10(17)8-13(14)21-9-15(23)22-11-3-5-12(6-4-11)25-16(18,19)20/h2-8,21H,9H2,1H3,(H,22,23). The number of ether oxygens (including phenoxy) is 2. The van der Waals surface area contributed by atoms with Crippen LogP contribution in [0.3, 0.4) is 0 Å². The summed E-state index contributed by atoms with van der Waals surface area (Å²) in [5.74, 6) is -0.246. The molecule has 2 aromatic rings. The Labute approximate surface area is 146 Å². The molecule has 0 saturated carbocycles. The second kappa shape index (κ2) is 7.98. The van der Waals surface area contributed by atoms with Gasteiger partial charge in [-0.1, -0.05) is 11.6 Å². The molecule has 134 valence electrons. The van der Waals surface area contributed by atoms with Gasteiger partial charge in [-0.2, -0.15) is 0 Å². The second-order valence-electron chi connectivity index (χ2n) is 4.82. The van der Waals surface area contributed by atoms with Crippen LogP contribution in [0, 0.1) is 0 Å². The van der Waals surface area contributed by atoms with Crippen LogP contribution >= 0.6 is 11.6 Å². The number of rotatable bonds is 6. The van der Waals surface area contributed by atoms with Crippen molar-refractivity contribution < 1.29 is 27.4 Å². The van der Waals surface area contributed by atoms with Gasteiger partial charge in [0.05, 0.1) is 19.3 Å². The van der Waals surface area contributed by atoms with E-state index in [4.69, 9.17) is 16.3 Å². The molecule has 0 aliphatic rings. The molecule has 0 unspecified atom stereocenters. The van der Waals surface area contributed by atoms with E-state index in [1.54, 1.807) is 18.2 Å². The number of benzene rings is 2. The first-order valence-electron chi connectivity index (χ1n) is 7.00. The van der Waals surface area contributed by atoms with Crippen LogP contribution < -0.4 is 20.1 Å². The molecule has 25 heavy (non-hydrogen) atoms. The van der Waals surface area contributed by atoms with Crippen LogP contribution in [0.5, 0.6) is 11.5 Å². The molecule has 5 nitrogen and oxygen atoms in total. The minimum Gasteiger partial charge on any atom is -0.495 e. The van der Waals surface area contributed by atoms with Crippen molar-refractivity contribution in [1.82, 2.24) is 0 Å². The number of hydrogen-bond acceptors (Lipinski definition) is 4. The number of alkyl halides is 3. The van der Waals surface area contributed by atoms with E-state index in [0.29, 0.717) is 22.1 Å². The van der Waals surface area contributed by atoms with Crippen molar-refractivity contribution in [2.24, 2.45) is 0 Å². The zero-order chi connectivity index (χ0) is 18.4. The molecule has 0 spiro atoms. The number of anilines is 2. The molecule has 0 radical (unpaired) electrons. The smallest absolute Gasteiger partial charge is 0.495 e. The van der Waals surface area contributed by atoms with Gasteiger partial charge in [-0.05, 0) is 42.5 Å². The van der Waals surface area contributed by atoms with Crippen molar-refractivity contribution in [1.29, 1.82) is 0 Å². The first kappa shape index (κ1) is 18.7. The SMILES string of the molecule is COc1ccc(Cl)cc1NCC(=O)Nc1ccc(OC(F)(F)F)cc1. The van der Waals surface area contributed by atoms with Gasteiger partial charge in [-0.3, -0.25) is 4.79 Å². The maximum Gasteiger partial charge on any atom is 0.573 e. The first-order valence-corrected chi connectivity index (χ1v) is 7.38. The minimum atomic E-state index is -4.76. The van der Waals surface area contributed by atoms with Gasteiger partial charge in [0.2, 0.25) is 5.91 Å². The molecule has 0 aliphatic carbocycles. The molecule has 0 bridgehead atoms. The van der Waals surface area contributed by atoms with E-state index in [-0.39, 0.29) is 12.3 Å². The fraction of sp³-hybridized carbons (Fsp3) is 0.188. The summed E-state index contributed by atoms with van der Waals surface area (Å²) in [5, 5.41) is 5.89. The maximum absolute atomic E-state index is 12.1.